The van der Waals surface area contributed by atoms with E-state index < -0.39 is 18.0 Å². The minimum absolute atomic E-state index is 0.262. The lowest BCUT2D eigenvalue weighted by molar-refractivity contribution is -0.137. The van der Waals surface area contributed by atoms with Gasteiger partial charge in [-0.15, -0.1) is 0 Å². The summed E-state index contributed by atoms with van der Waals surface area (Å²) < 4.78 is 5.15. The fourth-order valence-corrected chi connectivity index (χ4v) is 4.08. The van der Waals surface area contributed by atoms with Crippen molar-refractivity contribution in [3.05, 3.63) is 59.2 Å². The number of fused-ring (bicyclic) bond motifs is 1. The standard InChI is InChI=1S/C23H24N4O5/c1-26(23(31)24-15-6-4-7-16(11-15)32-2)22(30)17-8-3-5-14-12-27(13-18(14)17)19-9-10-20(28)25-21(19)29/h3-8,11,19H,9-10,12-13H2,1-2H3,(H,24,31)(H,25,28,29). The zero-order chi connectivity index (χ0) is 22.8. The number of urea groups is 1. The van der Waals surface area contributed by atoms with Crippen LogP contribution in [0.1, 0.15) is 34.3 Å². The molecule has 1 saturated heterocycles. The van der Waals surface area contributed by atoms with E-state index in [-0.39, 0.29) is 11.8 Å². The SMILES string of the molecule is COc1cccc(NC(=O)N(C)C(=O)c2cccc3c2CN(C2CCC(=O)NC2=O)C3)c1. The molecule has 2 heterocycles. The summed E-state index contributed by atoms with van der Waals surface area (Å²) in [6.07, 6.45) is 0.743. The van der Waals surface area contributed by atoms with Crippen molar-refractivity contribution in [2.75, 3.05) is 19.5 Å². The highest BCUT2D eigenvalue weighted by molar-refractivity contribution is 6.08. The fourth-order valence-electron chi connectivity index (χ4n) is 4.08. The van der Waals surface area contributed by atoms with E-state index >= 15 is 0 Å². The quantitative estimate of drug-likeness (QED) is 0.711. The summed E-state index contributed by atoms with van der Waals surface area (Å²) >= 11 is 0. The Kier molecular flexibility index (Phi) is 5.91. The molecule has 1 atom stereocenters. The minimum atomic E-state index is -0.569. The molecule has 1 fully saturated rings. The Morgan fingerprint density at radius 3 is 2.69 bits per heavy atom. The van der Waals surface area contributed by atoms with Crippen molar-refractivity contribution in [2.45, 2.75) is 32.0 Å². The van der Waals surface area contributed by atoms with E-state index in [1.807, 2.05) is 11.0 Å². The number of ether oxygens (including phenoxy) is 1. The van der Waals surface area contributed by atoms with Gasteiger partial charge in [-0.25, -0.2) is 4.79 Å². The van der Waals surface area contributed by atoms with Gasteiger partial charge in [0, 0.05) is 43.9 Å². The molecule has 4 rings (SSSR count). The van der Waals surface area contributed by atoms with Crippen molar-refractivity contribution >= 4 is 29.4 Å². The number of benzene rings is 2. The van der Waals surface area contributed by atoms with Gasteiger partial charge in [-0.2, -0.15) is 0 Å². The number of hydrogen-bond donors (Lipinski definition) is 2. The molecule has 9 nitrogen and oxygen atoms in total. The van der Waals surface area contributed by atoms with Crippen LogP contribution in [0.25, 0.3) is 0 Å². The Bertz CT molecular complexity index is 1100. The summed E-state index contributed by atoms with van der Waals surface area (Å²) in [5.41, 5.74) is 2.65. The highest BCUT2D eigenvalue weighted by Gasteiger charge is 2.36. The van der Waals surface area contributed by atoms with E-state index in [2.05, 4.69) is 10.6 Å². The van der Waals surface area contributed by atoms with Crippen LogP contribution in [0.4, 0.5) is 10.5 Å². The number of imide groups is 2. The Morgan fingerprint density at radius 2 is 1.94 bits per heavy atom. The van der Waals surface area contributed by atoms with Gasteiger partial charge in [0.1, 0.15) is 5.75 Å². The van der Waals surface area contributed by atoms with Gasteiger partial charge in [-0.05, 0) is 35.7 Å². The van der Waals surface area contributed by atoms with Gasteiger partial charge >= 0.3 is 6.03 Å². The van der Waals surface area contributed by atoms with Gasteiger partial charge in [-0.1, -0.05) is 18.2 Å². The number of anilines is 1. The molecule has 0 radical (unpaired) electrons. The normalized spacial score (nSPS) is 18.0. The Balaban J connectivity index is 1.49. The maximum absolute atomic E-state index is 13.1. The van der Waals surface area contributed by atoms with Crippen LogP contribution < -0.4 is 15.4 Å². The van der Waals surface area contributed by atoms with Crippen LogP contribution in [0.3, 0.4) is 0 Å². The predicted molar refractivity (Wildman–Crippen MR) is 116 cm³/mol. The largest absolute Gasteiger partial charge is 0.497 e. The summed E-state index contributed by atoms with van der Waals surface area (Å²) in [5, 5.41) is 5.07. The first-order valence-corrected chi connectivity index (χ1v) is 10.3. The Morgan fingerprint density at radius 1 is 1.16 bits per heavy atom. The number of methoxy groups -OCH3 is 1. The molecule has 166 valence electrons. The van der Waals surface area contributed by atoms with Crippen molar-refractivity contribution in [1.82, 2.24) is 15.1 Å². The van der Waals surface area contributed by atoms with Crippen molar-refractivity contribution in [3.8, 4) is 5.75 Å². The molecule has 2 aromatic rings. The van der Waals surface area contributed by atoms with Crippen LogP contribution in [-0.2, 0) is 22.7 Å². The molecule has 0 aromatic heterocycles. The number of amides is 5. The van der Waals surface area contributed by atoms with E-state index in [0.717, 1.165) is 16.0 Å². The lowest BCUT2D eigenvalue weighted by Crippen LogP contribution is -2.50. The maximum atomic E-state index is 13.1. The molecule has 2 aliphatic heterocycles. The van der Waals surface area contributed by atoms with Crippen LogP contribution in [0.5, 0.6) is 5.75 Å². The summed E-state index contributed by atoms with van der Waals surface area (Å²) in [4.78, 5) is 52.5. The number of carbonyl (C=O) groups excluding carboxylic acids is 4. The van der Waals surface area contributed by atoms with Crippen molar-refractivity contribution in [2.24, 2.45) is 0 Å². The van der Waals surface area contributed by atoms with E-state index in [0.29, 0.717) is 42.9 Å². The molecular formula is C23H24N4O5. The van der Waals surface area contributed by atoms with Crippen LogP contribution >= 0.6 is 0 Å². The van der Waals surface area contributed by atoms with Crippen LogP contribution in [0, 0.1) is 0 Å². The summed E-state index contributed by atoms with van der Waals surface area (Å²) in [7, 11) is 2.95. The van der Waals surface area contributed by atoms with E-state index in [1.54, 1.807) is 36.4 Å². The van der Waals surface area contributed by atoms with Gasteiger partial charge in [-0.3, -0.25) is 29.5 Å². The lowest BCUT2D eigenvalue weighted by atomic mass is 10.0. The third-order valence-corrected chi connectivity index (χ3v) is 5.82. The number of piperidine rings is 1. The van der Waals surface area contributed by atoms with Crippen LogP contribution in [-0.4, -0.2) is 53.8 Å². The summed E-state index contributed by atoms with van der Waals surface area (Å²) in [6, 6.07) is 11.2. The lowest BCUT2D eigenvalue weighted by Gasteiger charge is -2.29. The Labute approximate surface area is 185 Å². The second-order valence-electron chi connectivity index (χ2n) is 7.84. The number of carbonyl (C=O) groups is 4. The highest BCUT2D eigenvalue weighted by atomic mass is 16.5. The molecule has 0 aliphatic carbocycles. The average molecular weight is 436 g/mol. The first-order valence-electron chi connectivity index (χ1n) is 10.3. The van der Waals surface area contributed by atoms with Crippen LogP contribution in [0.15, 0.2) is 42.5 Å². The van der Waals surface area contributed by atoms with Gasteiger partial charge in [0.05, 0.1) is 13.2 Å². The molecule has 2 N–H and O–H groups in total. The molecule has 32 heavy (non-hydrogen) atoms. The number of rotatable bonds is 4. The number of nitrogens with one attached hydrogen (secondary N) is 2. The van der Waals surface area contributed by atoms with Gasteiger partial charge in [0.2, 0.25) is 11.8 Å². The van der Waals surface area contributed by atoms with Gasteiger partial charge in [0.15, 0.2) is 0 Å². The van der Waals surface area contributed by atoms with Crippen LogP contribution in [0.2, 0.25) is 0 Å². The first-order chi connectivity index (χ1) is 15.4. The van der Waals surface area contributed by atoms with E-state index in [1.165, 1.54) is 14.2 Å². The topological polar surface area (TPSA) is 108 Å². The monoisotopic (exact) mass is 436 g/mol. The van der Waals surface area contributed by atoms with E-state index in [4.69, 9.17) is 4.74 Å². The molecule has 2 aromatic carbocycles. The van der Waals surface area contributed by atoms with E-state index in [9.17, 15) is 19.2 Å². The number of nitrogens with zero attached hydrogens (tertiary/aromatic N) is 2. The molecule has 0 spiro atoms. The smallest absolute Gasteiger partial charge is 0.328 e. The molecule has 5 amide bonds. The van der Waals surface area contributed by atoms with Crippen molar-refractivity contribution in [3.63, 3.8) is 0 Å². The number of hydrogen-bond acceptors (Lipinski definition) is 6. The minimum Gasteiger partial charge on any atom is -0.497 e. The van der Waals surface area contributed by atoms with Gasteiger partial charge < -0.3 is 10.1 Å². The molecular weight excluding hydrogens is 412 g/mol. The Hall–Kier alpha value is -3.72. The molecule has 9 heteroatoms. The average Bonchev–Trinajstić information content (AvgIpc) is 3.22. The molecule has 1 unspecified atom stereocenters. The predicted octanol–water partition coefficient (Wildman–Crippen LogP) is 2.12. The third-order valence-electron chi connectivity index (χ3n) is 5.82. The van der Waals surface area contributed by atoms with Gasteiger partial charge in [0.25, 0.3) is 5.91 Å². The first kappa shape index (κ1) is 21.5. The summed E-state index contributed by atoms with van der Waals surface area (Å²) in [6.45, 7) is 0.900. The molecule has 0 saturated carbocycles. The van der Waals surface area contributed by atoms with Crippen molar-refractivity contribution < 1.29 is 23.9 Å². The second kappa shape index (κ2) is 8.80. The zero-order valence-electron chi connectivity index (χ0n) is 17.9. The molecule has 0 bridgehead atoms. The fraction of sp³-hybridized carbons (Fsp3) is 0.304. The second-order valence-corrected chi connectivity index (χ2v) is 7.84. The molecule has 2 aliphatic rings. The zero-order valence-corrected chi connectivity index (χ0v) is 17.9. The maximum Gasteiger partial charge on any atom is 0.328 e. The third kappa shape index (κ3) is 4.19. The van der Waals surface area contributed by atoms with Crippen molar-refractivity contribution in [1.29, 1.82) is 0 Å². The highest BCUT2D eigenvalue weighted by Crippen LogP contribution is 2.30. The summed E-state index contributed by atoms with van der Waals surface area (Å²) in [5.74, 6) is -0.419.